The maximum absolute atomic E-state index is 10.5. The van der Waals surface area contributed by atoms with E-state index in [1.54, 1.807) is 0 Å². The molecule has 104 valence electrons. The number of phenols is 1. The zero-order valence-electron chi connectivity index (χ0n) is 16.2. The normalized spacial score (nSPS) is 23.7. The van der Waals surface area contributed by atoms with E-state index in [1.807, 2.05) is 40.7 Å². The van der Waals surface area contributed by atoms with Gasteiger partial charge in [0.25, 0.3) is 0 Å². The number of amidine groups is 1. The molecule has 0 spiro atoms. The third-order valence-electron chi connectivity index (χ3n) is 3.51. The Balaban J connectivity index is 2.42. The fourth-order valence-corrected chi connectivity index (χ4v) is 2.33. The first-order valence-electron chi connectivity index (χ1n) is 8.46. The average molecular weight is 264 g/mol. The van der Waals surface area contributed by atoms with Crippen LogP contribution in [0.15, 0.2) is 11.1 Å². The Morgan fingerprint density at radius 1 is 1.42 bits per heavy atom. The number of phenolic OH excluding ortho intramolecular Hbond substituents is 1. The van der Waals surface area contributed by atoms with Crippen molar-refractivity contribution in [1.82, 2.24) is 5.32 Å². The smallest absolute Gasteiger partial charge is 0.122 e. The van der Waals surface area contributed by atoms with Gasteiger partial charge in [0.15, 0.2) is 0 Å². The molecule has 3 heteroatoms. The summed E-state index contributed by atoms with van der Waals surface area (Å²) >= 11 is 0. The number of nitrogens with one attached hydrogen (secondary N) is 1. The van der Waals surface area contributed by atoms with Crippen LogP contribution in [0.1, 0.15) is 48.5 Å². The molecule has 0 atom stereocenters. The van der Waals surface area contributed by atoms with Crippen molar-refractivity contribution in [2.45, 2.75) is 46.5 Å². The van der Waals surface area contributed by atoms with E-state index in [4.69, 9.17) is 5.48 Å². The van der Waals surface area contributed by atoms with Gasteiger partial charge >= 0.3 is 0 Å². The second kappa shape index (κ2) is 4.87. The summed E-state index contributed by atoms with van der Waals surface area (Å²) in [5, 5.41) is 13.0. The summed E-state index contributed by atoms with van der Waals surface area (Å²) < 4.78 is 30.6. The first-order valence-corrected chi connectivity index (χ1v) is 6.46. The topological polar surface area (TPSA) is 44.6 Å². The lowest BCUT2D eigenvalue weighted by molar-refractivity contribution is 0.442. The summed E-state index contributed by atoms with van der Waals surface area (Å²) in [5.41, 5.74) is 3.23. The highest BCUT2D eigenvalue weighted by Crippen LogP contribution is 2.36. The summed E-state index contributed by atoms with van der Waals surface area (Å²) in [4.78, 5) is 3.83. The molecule has 0 saturated carbocycles. The molecule has 0 aliphatic carbocycles. The predicted octanol–water partition coefficient (Wildman–Crippen LogP) is 2.85. The van der Waals surface area contributed by atoms with E-state index in [0.29, 0.717) is 0 Å². The SMILES string of the molecule is [2H]C1([2H])N=C(Cc2c(C)cc(C(C)(C)C)c(O)c2C)NC1([2H])[2H]. The van der Waals surface area contributed by atoms with Crippen molar-refractivity contribution in [3.8, 4) is 5.75 Å². The molecule has 1 aromatic carbocycles. The molecule has 0 unspecified atom stereocenters. The van der Waals surface area contributed by atoms with Crippen LogP contribution < -0.4 is 5.32 Å². The minimum absolute atomic E-state index is 0.184. The van der Waals surface area contributed by atoms with Crippen LogP contribution in [0.5, 0.6) is 5.75 Å². The summed E-state index contributed by atoms with van der Waals surface area (Å²) in [6, 6.07) is 1.94. The van der Waals surface area contributed by atoms with Crippen molar-refractivity contribution in [1.29, 1.82) is 0 Å². The van der Waals surface area contributed by atoms with E-state index in [1.165, 1.54) is 0 Å². The maximum atomic E-state index is 10.5. The molecule has 1 aromatic rings. The van der Waals surface area contributed by atoms with Gasteiger partial charge in [0.05, 0.1) is 12.0 Å². The minimum Gasteiger partial charge on any atom is -0.507 e. The largest absolute Gasteiger partial charge is 0.507 e. The number of hydrogen-bond donors (Lipinski definition) is 2. The molecule has 0 amide bonds. The molecule has 2 N–H and O–H groups in total. The van der Waals surface area contributed by atoms with Crippen LogP contribution in [0.3, 0.4) is 0 Å². The number of aromatic hydroxyl groups is 1. The van der Waals surface area contributed by atoms with Crippen LogP contribution >= 0.6 is 0 Å². The fourth-order valence-electron chi connectivity index (χ4n) is 2.33. The van der Waals surface area contributed by atoms with Crippen LogP contribution in [0.4, 0.5) is 0 Å². The highest BCUT2D eigenvalue weighted by molar-refractivity contribution is 5.86. The van der Waals surface area contributed by atoms with Gasteiger partial charge in [-0.15, -0.1) is 0 Å². The summed E-state index contributed by atoms with van der Waals surface area (Å²) in [6.07, 6.45) is 0.259. The zero-order chi connectivity index (χ0) is 17.8. The van der Waals surface area contributed by atoms with Crippen molar-refractivity contribution in [2.24, 2.45) is 4.99 Å². The Labute approximate surface area is 121 Å². The Kier molecular flexibility index (Phi) is 2.41. The fraction of sp³-hybridized carbons (Fsp3) is 0.562. The van der Waals surface area contributed by atoms with E-state index in [2.05, 4.69) is 10.3 Å². The standard InChI is InChI=1S/C16H24N2O/c1-10-8-13(16(3,4)5)15(19)11(2)12(10)9-14-17-6-7-18-14/h8,19H,6-7,9H2,1-5H3,(H,17,18)/i6D2,7D2. The van der Waals surface area contributed by atoms with Crippen molar-refractivity contribution in [3.05, 3.63) is 28.3 Å². The van der Waals surface area contributed by atoms with Crippen molar-refractivity contribution >= 4 is 5.84 Å². The molecule has 3 nitrogen and oxygen atoms in total. The lowest BCUT2D eigenvalue weighted by atomic mass is 9.82. The highest BCUT2D eigenvalue weighted by Gasteiger charge is 2.22. The molecule has 0 fully saturated rings. The number of nitrogens with zero attached hydrogens (tertiary/aromatic N) is 1. The molecular weight excluding hydrogens is 236 g/mol. The number of aryl methyl sites for hydroxylation is 1. The second-order valence-corrected chi connectivity index (χ2v) is 6.04. The van der Waals surface area contributed by atoms with Gasteiger partial charge < -0.3 is 10.4 Å². The molecule has 1 aliphatic rings. The molecule has 0 radical (unpaired) electrons. The highest BCUT2D eigenvalue weighted by atomic mass is 16.3. The predicted molar refractivity (Wildman–Crippen MR) is 80.3 cm³/mol. The maximum Gasteiger partial charge on any atom is 0.122 e. The third kappa shape index (κ3) is 2.75. The minimum atomic E-state index is -2.29. The Morgan fingerprint density at radius 2 is 2.11 bits per heavy atom. The molecular formula is C16H24N2O. The van der Waals surface area contributed by atoms with Gasteiger partial charge in [-0.25, -0.2) is 0 Å². The molecule has 0 saturated heterocycles. The van der Waals surface area contributed by atoms with E-state index in [-0.39, 0.29) is 23.4 Å². The Hall–Kier alpha value is -1.51. The van der Waals surface area contributed by atoms with E-state index in [9.17, 15) is 5.11 Å². The van der Waals surface area contributed by atoms with Crippen LogP contribution in [-0.2, 0) is 11.8 Å². The van der Waals surface area contributed by atoms with E-state index >= 15 is 0 Å². The molecule has 0 bridgehead atoms. The second-order valence-electron chi connectivity index (χ2n) is 6.04. The monoisotopic (exact) mass is 264 g/mol. The van der Waals surface area contributed by atoms with Gasteiger partial charge in [0.1, 0.15) is 11.6 Å². The zero-order valence-corrected chi connectivity index (χ0v) is 12.2. The Morgan fingerprint density at radius 3 is 2.63 bits per heavy atom. The lowest BCUT2D eigenvalue weighted by Crippen LogP contribution is -2.22. The number of hydrogen-bond acceptors (Lipinski definition) is 3. The number of benzene rings is 1. The van der Waals surface area contributed by atoms with Crippen LogP contribution in [0, 0.1) is 13.8 Å². The summed E-state index contributed by atoms with van der Waals surface area (Å²) in [6.45, 7) is 5.35. The Bertz CT molecular complexity index is 676. The molecule has 1 aliphatic heterocycles. The molecule has 19 heavy (non-hydrogen) atoms. The van der Waals surface area contributed by atoms with E-state index < -0.39 is 13.0 Å². The first-order chi connectivity index (χ1) is 10.3. The summed E-state index contributed by atoms with van der Waals surface area (Å²) in [5.74, 6) is 0.497. The van der Waals surface area contributed by atoms with Crippen molar-refractivity contribution in [2.75, 3.05) is 13.0 Å². The average Bonchev–Trinajstić information content (AvgIpc) is 2.56. The molecule has 2 rings (SSSR count). The van der Waals surface area contributed by atoms with Crippen molar-refractivity contribution in [3.63, 3.8) is 0 Å². The van der Waals surface area contributed by atoms with Gasteiger partial charge in [0, 0.05) is 12.9 Å². The van der Waals surface area contributed by atoms with E-state index in [0.717, 1.165) is 22.3 Å². The molecule has 1 heterocycles. The van der Waals surface area contributed by atoms with Crippen molar-refractivity contribution < 1.29 is 10.6 Å². The van der Waals surface area contributed by atoms with Gasteiger partial charge in [-0.1, -0.05) is 26.8 Å². The third-order valence-corrected chi connectivity index (χ3v) is 3.51. The quantitative estimate of drug-likeness (QED) is 0.862. The van der Waals surface area contributed by atoms with Gasteiger partial charge in [-0.2, -0.15) is 0 Å². The molecule has 0 aromatic heterocycles. The van der Waals surface area contributed by atoms with Crippen LogP contribution in [-0.4, -0.2) is 23.9 Å². The van der Waals surface area contributed by atoms with Gasteiger partial charge in [0.2, 0.25) is 0 Å². The summed E-state index contributed by atoms with van der Waals surface area (Å²) in [7, 11) is 0. The lowest BCUT2D eigenvalue weighted by Gasteiger charge is -2.24. The number of aliphatic imine (C=N–C) groups is 1. The van der Waals surface area contributed by atoms with Gasteiger partial charge in [-0.3, -0.25) is 4.99 Å². The number of rotatable bonds is 2. The van der Waals surface area contributed by atoms with Crippen LogP contribution in [0.2, 0.25) is 0 Å². The van der Waals surface area contributed by atoms with Gasteiger partial charge in [-0.05, 0) is 41.5 Å². The van der Waals surface area contributed by atoms with Crippen LogP contribution in [0.25, 0.3) is 0 Å². The first kappa shape index (κ1) is 9.40.